The van der Waals surface area contributed by atoms with Gasteiger partial charge in [-0.1, -0.05) is 11.6 Å². The number of benzene rings is 1. The summed E-state index contributed by atoms with van der Waals surface area (Å²) in [6.45, 7) is 5.62. The van der Waals surface area contributed by atoms with E-state index in [1.165, 1.54) is 25.9 Å². The fraction of sp³-hybridized carbons (Fsp3) is 0.640. The third-order valence-corrected chi connectivity index (χ3v) is 7.27. The van der Waals surface area contributed by atoms with E-state index in [9.17, 15) is 22.8 Å². The summed E-state index contributed by atoms with van der Waals surface area (Å²) < 4.78 is 37.1. The van der Waals surface area contributed by atoms with Crippen molar-refractivity contribution >= 4 is 35.2 Å². The lowest BCUT2D eigenvalue weighted by Gasteiger charge is -2.40. The van der Waals surface area contributed by atoms with Crippen molar-refractivity contribution in [3.63, 3.8) is 0 Å². The highest BCUT2D eigenvalue weighted by atomic mass is 35.5. The Kier molecular flexibility index (Phi) is 12.1. The van der Waals surface area contributed by atoms with Gasteiger partial charge in [-0.15, -0.1) is 0 Å². The lowest BCUT2D eigenvalue weighted by atomic mass is 9.79. The number of carboxylic acids is 1. The number of hydrogen-bond acceptors (Lipinski definition) is 5. The van der Waals surface area contributed by atoms with Crippen molar-refractivity contribution in [2.45, 2.75) is 50.9 Å². The van der Waals surface area contributed by atoms with E-state index in [0.717, 1.165) is 31.8 Å². The number of carboxylic acid groups (broad SMARTS) is 1. The van der Waals surface area contributed by atoms with Crippen LogP contribution in [-0.2, 0) is 14.3 Å². The van der Waals surface area contributed by atoms with E-state index in [2.05, 4.69) is 22.6 Å². The van der Waals surface area contributed by atoms with Crippen LogP contribution in [0.25, 0.3) is 0 Å². The Morgan fingerprint density at radius 1 is 1.03 bits per heavy atom. The number of halogens is 4. The second-order valence-corrected chi connectivity index (χ2v) is 10.1. The van der Waals surface area contributed by atoms with Crippen LogP contribution < -0.4 is 10.6 Å². The van der Waals surface area contributed by atoms with Crippen LogP contribution in [0.5, 0.6) is 0 Å². The van der Waals surface area contributed by atoms with Gasteiger partial charge in [0.1, 0.15) is 6.04 Å². The summed E-state index contributed by atoms with van der Waals surface area (Å²) in [5, 5.41) is 13.3. The van der Waals surface area contributed by atoms with Gasteiger partial charge in [-0.2, -0.15) is 13.2 Å². The Morgan fingerprint density at radius 3 is 1.95 bits per heavy atom. The Morgan fingerprint density at radius 2 is 1.50 bits per heavy atom. The Labute approximate surface area is 225 Å². The molecule has 1 aromatic carbocycles. The maximum absolute atomic E-state index is 13.2. The molecule has 38 heavy (non-hydrogen) atoms. The first-order valence-electron chi connectivity index (χ1n) is 12.4. The topological polar surface area (TPSA) is 111 Å². The molecule has 2 fully saturated rings. The molecule has 3 N–H and O–H groups in total. The molecule has 0 radical (unpaired) electrons. The average Bonchev–Trinajstić information content (AvgIpc) is 2.88. The van der Waals surface area contributed by atoms with E-state index < -0.39 is 30.3 Å². The predicted molar refractivity (Wildman–Crippen MR) is 137 cm³/mol. The molecule has 3 rings (SSSR count). The van der Waals surface area contributed by atoms with Crippen molar-refractivity contribution in [2.75, 3.05) is 45.7 Å². The molecule has 2 saturated heterocycles. The maximum Gasteiger partial charge on any atom is 0.490 e. The molecule has 0 saturated carbocycles. The van der Waals surface area contributed by atoms with Gasteiger partial charge in [0, 0.05) is 30.9 Å². The Balaban J connectivity index is 0.000000638. The second-order valence-electron chi connectivity index (χ2n) is 9.63. The summed E-state index contributed by atoms with van der Waals surface area (Å²) in [5.41, 5.74) is 0.608. The number of nitrogens with one attached hydrogen (secondary N) is 2. The molecule has 2 aliphatic heterocycles. The lowest BCUT2D eigenvalue weighted by molar-refractivity contribution is -0.192. The number of aliphatic carboxylic acids is 1. The van der Waals surface area contributed by atoms with Gasteiger partial charge >= 0.3 is 18.2 Å². The fourth-order valence-corrected chi connectivity index (χ4v) is 4.77. The van der Waals surface area contributed by atoms with Crippen molar-refractivity contribution in [3.05, 3.63) is 29.3 Å². The van der Waals surface area contributed by atoms with Gasteiger partial charge in [-0.25, -0.2) is 9.59 Å². The zero-order chi connectivity index (χ0) is 28.5. The number of ether oxygens (including phenoxy) is 1. The monoisotopic (exact) mass is 564 g/mol. The first-order chi connectivity index (χ1) is 17.8. The molecule has 0 spiro atoms. The van der Waals surface area contributed by atoms with E-state index in [4.69, 9.17) is 26.2 Å². The number of carbonyl (C=O) groups excluding carboxylic acids is 2. The minimum atomic E-state index is -5.08. The number of hydrogen-bond donors (Lipinski definition) is 3. The smallest absolute Gasteiger partial charge is 0.475 e. The van der Waals surface area contributed by atoms with Gasteiger partial charge in [0.25, 0.3) is 0 Å². The van der Waals surface area contributed by atoms with Crippen molar-refractivity contribution in [1.82, 2.24) is 15.1 Å². The number of rotatable bonds is 6. The molecular formula is C25H36ClF3N4O5. The Hall–Kier alpha value is -2.57. The van der Waals surface area contributed by atoms with Gasteiger partial charge in [-0.3, -0.25) is 4.79 Å². The number of alkyl halides is 3. The summed E-state index contributed by atoms with van der Waals surface area (Å²) in [4.78, 5) is 38.9. The van der Waals surface area contributed by atoms with Crippen LogP contribution >= 0.6 is 11.6 Å². The maximum atomic E-state index is 13.2. The summed E-state index contributed by atoms with van der Waals surface area (Å²) in [6.07, 6.45) is -0.943. The van der Waals surface area contributed by atoms with Crippen LogP contribution in [0.1, 0.15) is 32.6 Å². The van der Waals surface area contributed by atoms with Gasteiger partial charge in [0.15, 0.2) is 0 Å². The first-order valence-corrected chi connectivity index (χ1v) is 12.8. The zero-order valence-electron chi connectivity index (χ0n) is 21.8. The van der Waals surface area contributed by atoms with E-state index in [1.54, 1.807) is 38.3 Å². The van der Waals surface area contributed by atoms with E-state index in [-0.39, 0.29) is 5.91 Å². The number of piperidine rings is 2. The minimum absolute atomic E-state index is 0.0811. The quantitative estimate of drug-likeness (QED) is 0.480. The molecule has 9 nitrogen and oxygen atoms in total. The summed E-state index contributed by atoms with van der Waals surface area (Å²) >= 11 is 5.89. The summed E-state index contributed by atoms with van der Waals surface area (Å²) in [7, 11) is 3.74. The SMILES string of the molecule is CO[C@@H](C)[C@@H](NC(=O)Nc1ccc(Cl)cc1)C(=O)N1CCC(C2CCN(C)CC2)CC1.O=C(O)C(F)(F)F. The number of nitrogens with zero attached hydrogens (tertiary/aromatic N) is 2. The van der Waals surface area contributed by atoms with Crippen molar-refractivity contribution < 1.29 is 37.4 Å². The molecular weight excluding hydrogens is 529 g/mol. The number of anilines is 1. The lowest BCUT2D eigenvalue weighted by Crippen LogP contribution is -2.56. The third kappa shape index (κ3) is 9.95. The first kappa shape index (κ1) is 31.6. The molecule has 3 amide bonds. The van der Waals surface area contributed by atoms with Crippen LogP contribution in [0.2, 0.25) is 5.02 Å². The van der Waals surface area contributed by atoms with Gasteiger partial charge in [0.2, 0.25) is 5.91 Å². The second kappa shape index (κ2) is 14.5. The standard InChI is InChI=1S/C23H35ClN4O3.C2HF3O2/c1-16(31-3)21(26-23(30)25-20-6-4-19(24)5-7-20)22(29)28-14-10-18(11-15-28)17-8-12-27(2)13-9-17;3-2(4,5)1(6)7/h4-7,16-18,21H,8-15H2,1-3H3,(H2,25,26,30);(H,6,7)/t16-,21+;/m0./s1. The molecule has 0 bridgehead atoms. The summed E-state index contributed by atoms with van der Waals surface area (Å²) in [6, 6.07) is 5.65. The molecule has 13 heteroatoms. The highest BCUT2D eigenvalue weighted by Crippen LogP contribution is 2.32. The van der Waals surface area contributed by atoms with Crippen LogP contribution in [0.4, 0.5) is 23.7 Å². The number of likely N-dealkylation sites (tertiary alicyclic amines) is 2. The van der Waals surface area contributed by atoms with E-state index in [0.29, 0.717) is 16.6 Å². The highest BCUT2D eigenvalue weighted by molar-refractivity contribution is 6.30. The van der Waals surface area contributed by atoms with Gasteiger partial charge < -0.3 is 30.3 Å². The van der Waals surface area contributed by atoms with Crippen LogP contribution in [0, 0.1) is 11.8 Å². The number of carbonyl (C=O) groups is 3. The molecule has 2 heterocycles. The molecule has 0 unspecified atom stereocenters. The van der Waals surface area contributed by atoms with Crippen LogP contribution in [-0.4, -0.2) is 91.5 Å². The Bertz CT molecular complexity index is 919. The van der Waals surface area contributed by atoms with Crippen LogP contribution in [0.3, 0.4) is 0 Å². The molecule has 0 aliphatic carbocycles. The van der Waals surface area contributed by atoms with Crippen molar-refractivity contribution in [1.29, 1.82) is 0 Å². The van der Waals surface area contributed by atoms with Gasteiger partial charge in [0.05, 0.1) is 6.10 Å². The minimum Gasteiger partial charge on any atom is -0.475 e. The predicted octanol–water partition coefficient (Wildman–Crippen LogP) is 4.08. The van der Waals surface area contributed by atoms with E-state index >= 15 is 0 Å². The number of urea groups is 1. The molecule has 0 aromatic heterocycles. The van der Waals surface area contributed by atoms with Gasteiger partial charge in [-0.05, 0) is 88.8 Å². The van der Waals surface area contributed by atoms with Crippen molar-refractivity contribution in [3.8, 4) is 0 Å². The molecule has 214 valence electrons. The fourth-order valence-electron chi connectivity index (χ4n) is 4.65. The van der Waals surface area contributed by atoms with Crippen molar-refractivity contribution in [2.24, 2.45) is 11.8 Å². The number of amides is 3. The normalized spacial score (nSPS) is 19.1. The third-order valence-electron chi connectivity index (χ3n) is 7.02. The number of methoxy groups -OCH3 is 1. The highest BCUT2D eigenvalue weighted by Gasteiger charge is 2.38. The molecule has 1 aromatic rings. The van der Waals surface area contributed by atoms with Crippen LogP contribution in [0.15, 0.2) is 24.3 Å². The van der Waals surface area contributed by atoms with E-state index in [1.807, 2.05) is 4.90 Å². The molecule has 2 aliphatic rings. The zero-order valence-corrected chi connectivity index (χ0v) is 22.5. The summed E-state index contributed by atoms with van der Waals surface area (Å²) in [5.74, 6) is -1.38. The largest absolute Gasteiger partial charge is 0.490 e. The molecule has 2 atom stereocenters. The average molecular weight is 565 g/mol.